The highest BCUT2D eigenvalue weighted by Gasteiger charge is 2.18. The lowest BCUT2D eigenvalue weighted by atomic mass is 10.2. The van der Waals surface area contributed by atoms with Crippen LogP contribution in [0, 0.1) is 5.82 Å². The van der Waals surface area contributed by atoms with E-state index in [2.05, 4.69) is 45.0 Å². The Morgan fingerprint density at radius 2 is 1.90 bits per heavy atom. The van der Waals surface area contributed by atoms with E-state index in [9.17, 15) is 4.39 Å². The van der Waals surface area contributed by atoms with Crippen LogP contribution < -0.4 is 10.2 Å². The molecule has 0 radical (unpaired) electrons. The van der Waals surface area contributed by atoms with Crippen molar-refractivity contribution in [3.05, 3.63) is 59.5 Å². The van der Waals surface area contributed by atoms with Crippen molar-refractivity contribution < 1.29 is 4.39 Å². The van der Waals surface area contributed by atoms with Crippen molar-refractivity contribution >= 4 is 11.8 Å². The minimum Gasteiger partial charge on any atom is -0.357 e. The number of anilines is 1. The number of pyridine rings is 1. The summed E-state index contributed by atoms with van der Waals surface area (Å²) in [6.45, 7) is 8.11. The molecule has 0 aliphatic carbocycles. The highest BCUT2D eigenvalue weighted by molar-refractivity contribution is 5.79. The lowest BCUT2D eigenvalue weighted by molar-refractivity contribution is 0.312. The molecule has 0 atom stereocenters. The van der Waals surface area contributed by atoms with Crippen molar-refractivity contribution in [3.8, 4) is 0 Å². The molecule has 2 aromatic rings. The Morgan fingerprint density at radius 1 is 1.17 bits per heavy atom. The number of hydrogen-bond acceptors (Lipinski definition) is 4. The average molecular weight is 399 g/mol. The van der Waals surface area contributed by atoms with E-state index in [1.165, 1.54) is 12.1 Å². The predicted octanol–water partition coefficient (Wildman–Crippen LogP) is 2.57. The van der Waals surface area contributed by atoms with Crippen molar-refractivity contribution in [1.82, 2.24) is 20.1 Å². The maximum atomic E-state index is 13.2. The van der Waals surface area contributed by atoms with Crippen LogP contribution in [0.15, 0.2) is 47.6 Å². The van der Waals surface area contributed by atoms with Crippen molar-refractivity contribution in [3.63, 3.8) is 0 Å². The molecule has 0 amide bonds. The van der Waals surface area contributed by atoms with Gasteiger partial charge in [0.05, 0.1) is 6.54 Å². The molecule has 2 heterocycles. The van der Waals surface area contributed by atoms with Crippen LogP contribution in [0.5, 0.6) is 0 Å². The van der Waals surface area contributed by atoms with Gasteiger partial charge in [-0.25, -0.2) is 14.4 Å². The van der Waals surface area contributed by atoms with Gasteiger partial charge < -0.3 is 20.0 Å². The fourth-order valence-corrected chi connectivity index (χ4v) is 3.42. The smallest absolute Gasteiger partial charge is 0.194 e. The van der Waals surface area contributed by atoms with Crippen LogP contribution in [0.2, 0.25) is 0 Å². The SMILES string of the molecule is CCNC(=NCc1cccnc1N1CCN(C)CC1)N(C)Cc1ccc(F)cc1. The third kappa shape index (κ3) is 5.90. The standard InChI is InChI=1S/C22H31FN6/c1-4-24-22(28(3)17-18-7-9-20(23)10-8-18)26-16-19-6-5-11-25-21(19)29-14-12-27(2)13-15-29/h5-11H,4,12-17H2,1-3H3,(H,24,26). The van der Waals surface area contributed by atoms with Crippen molar-refractivity contribution in [2.45, 2.75) is 20.0 Å². The van der Waals surface area contributed by atoms with E-state index < -0.39 is 0 Å². The first-order valence-corrected chi connectivity index (χ1v) is 10.2. The molecule has 1 fully saturated rings. The molecule has 0 saturated carbocycles. The largest absolute Gasteiger partial charge is 0.357 e. The number of nitrogens with zero attached hydrogens (tertiary/aromatic N) is 5. The third-order valence-electron chi connectivity index (χ3n) is 5.10. The summed E-state index contributed by atoms with van der Waals surface area (Å²) >= 11 is 0. The first-order chi connectivity index (χ1) is 14.1. The van der Waals surface area contributed by atoms with Crippen LogP contribution in [0.25, 0.3) is 0 Å². The quantitative estimate of drug-likeness (QED) is 0.599. The van der Waals surface area contributed by atoms with Crippen LogP contribution in [0.3, 0.4) is 0 Å². The zero-order chi connectivity index (χ0) is 20.6. The molecule has 156 valence electrons. The topological polar surface area (TPSA) is 47.0 Å². The Kier molecular flexibility index (Phi) is 7.41. The normalized spacial score (nSPS) is 15.4. The zero-order valence-electron chi connectivity index (χ0n) is 17.6. The maximum Gasteiger partial charge on any atom is 0.194 e. The van der Waals surface area contributed by atoms with Crippen LogP contribution in [0.4, 0.5) is 10.2 Å². The Bertz CT molecular complexity index is 799. The van der Waals surface area contributed by atoms with Crippen LogP contribution in [-0.2, 0) is 13.1 Å². The fraction of sp³-hybridized carbons (Fsp3) is 0.455. The minimum atomic E-state index is -0.218. The second kappa shape index (κ2) is 10.2. The van der Waals surface area contributed by atoms with Crippen molar-refractivity contribution in [2.24, 2.45) is 4.99 Å². The van der Waals surface area contributed by atoms with E-state index in [1.807, 2.05) is 31.4 Å². The van der Waals surface area contributed by atoms with E-state index >= 15 is 0 Å². The number of nitrogens with one attached hydrogen (secondary N) is 1. The maximum absolute atomic E-state index is 13.2. The Morgan fingerprint density at radius 3 is 2.59 bits per heavy atom. The Labute approximate surface area is 173 Å². The molecule has 1 saturated heterocycles. The minimum absolute atomic E-state index is 0.218. The highest BCUT2D eigenvalue weighted by atomic mass is 19.1. The molecular formula is C22H31FN6. The second-order valence-electron chi connectivity index (χ2n) is 7.43. The number of hydrogen-bond donors (Lipinski definition) is 1. The van der Waals surface area contributed by atoms with Gasteiger partial charge in [-0.1, -0.05) is 18.2 Å². The molecule has 3 rings (SSSR count). The summed E-state index contributed by atoms with van der Waals surface area (Å²) < 4.78 is 13.2. The fourth-order valence-electron chi connectivity index (χ4n) is 3.42. The molecule has 7 heteroatoms. The van der Waals surface area contributed by atoms with Gasteiger partial charge in [0.2, 0.25) is 0 Å². The van der Waals surface area contributed by atoms with E-state index in [1.54, 1.807) is 0 Å². The Balaban J connectivity index is 1.72. The van der Waals surface area contributed by atoms with Gasteiger partial charge in [0, 0.05) is 58.1 Å². The average Bonchev–Trinajstić information content (AvgIpc) is 2.73. The molecule has 1 aromatic heterocycles. The van der Waals surface area contributed by atoms with Gasteiger partial charge in [-0.15, -0.1) is 0 Å². The van der Waals surface area contributed by atoms with Gasteiger partial charge in [0.25, 0.3) is 0 Å². The van der Waals surface area contributed by atoms with E-state index in [4.69, 9.17) is 4.99 Å². The third-order valence-corrected chi connectivity index (χ3v) is 5.10. The summed E-state index contributed by atoms with van der Waals surface area (Å²) in [5.41, 5.74) is 2.17. The summed E-state index contributed by atoms with van der Waals surface area (Å²) in [6, 6.07) is 10.7. The monoisotopic (exact) mass is 398 g/mol. The zero-order valence-corrected chi connectivity index (χ0v) is 17.6. The first-order valence-electron chi connectivity index (χ1n) is 10.2. The molecule has 0 spiro atoms. The summed E-state index contributed by atoms with van der Waals surface area (Å²) in [7, 11) is 4.15. The number of aliphatic imine (C=N–C) groups is 1. The van der Waals surface area contributed by atoms with Gasteiger partial charge >= 0.3 is 0 Å². The van der Waals surface area contributed by atoms with Crippen LogP contribution in [0.1, 0.15) is 18.1 Å². The van der Waals surface area contributed by atoms with Gasteiger partial charge in [-0.2, -0.15) is 0 Å². The summed E-state index contributed by atoms with van der Waals surface area (Å²) in [5, 5.41) is 3.35. The number of piperazine rings is 1. The first kappa shape index (κ1) is 21.0. The molecule has 1 aromatic carbocycles. The number of halogens is 1. The number of aromatic nitrogens is 1. The predicted molar refractivity (Wildman–Crippen MR) is 117 cm³/mol. The van der Waals surface area contributed by atoms with Crippen LogP contribution >= 0.6 is 0 Å². The summed E-state index contributed by atoms with van der Waals surface area (Å²) in [5.74, 6) is 1.64. The van der Waals surface area contributed by atoms with Crippen molar-refractivity contribution in [1.29, 1.82) is 0 Å². The molecule has 0 bridgehead atoms. The van der Waals surface area contributed by atoms with Gasteiger partial charge in [-0.05, 0) is 37.7 Å². The second-order valence-corrected chi connectivity index (χ2v) is 7.43. The summed E-state index contributed by atoms with van der Waals surface area (Å²) in [6.07, 6.45) is 1.85. The van der Waals surface area contributed by atoms with E-state index in [0.717, 1.165) is 55.6 Å². The summed E-state index contributed by atoms with van der Waals surface area (Å²) in [4.78, 5) is 16.2. The van der Waals surface area contributed by atoms with Gasteiger partial charge in [-0.3, -0.25) is 0 Å². The van der Waals surface area contributed by atoms with Crippen LogP contribution in [-0.4, -0.2) is 67.6 Å². The molecule has 6 nitrogen and oxygen atoms in total. The molecule has 1 N–H and O–H groups in total. The lowest BCUT2D eigenvalue weighted by Crippen LogP contribution is -2.45. The van der Waals surface area contributed by atoms with Crippen molar-refractivity contribution in [2.75, 3.05) is 51.7 Å². The number of likely N-dealkylation sites (N-methyl/N-ethyl adjacent to an activating group) is 1. The lowest BCUT2D eigenvalue weighted by Gasteiger charge is -2.34. The molecule has 1 aliphatic heterocycles. The Hall–Kier alpha value is -2.67. The number of rotatable bonds is 6. The van der Waals surface area contributed by atoms with E-state index in [0.29, 0.717) is 13.1 Å². The number of benzene rings is 1. The number of guanidine groups is 1. The van der Waals surface area contributed by atoms with E-state index in [-0.39, 0.29) is 5.82 Å². The molecule has 29 heavy (non-hydrogen) atoms. The molecule has 0 unspecified atom stereocenters. The van der Waals surface area contributed by atoms with Gasteiger partial charge in [0.1, 0.15) is 11.6 Å². The highest BCUT2D eigenvalue weighted by Crippen LogP contribution is 2.19. The van der Waals surface area contributed by atoms with Gasteiger partial charge in [0.15, 0.2) is 5.96 Å². The molecular weight excluding hydrogens is 367 g/mol. The molecule has 1 aliphatic rings.